The van der Waals surface area contributed by atoms with Crippen molar-refractivity contribution in [3.63, 3.8) is 0 Å². The van der Waals surface area contributed by atoms with Gasteiger partial charge >= 0.3 is 6.03 Å². The van der Waals surface area contributed by atoms with Crippen LogP contribution in [0.5, 0.6) is 5.75 Å². The molecule has 1 aromatic carbocycles. The molecule has 0 bridgehead atoms. The molecule has 1 aliphatic heterocycles. The van der Waals surface area contributed by atoms with Crippen LogP contribution in [0.15, 0.2) is 23.0 Å². The number of ether oxygens (including phenoxy) is 1. The van der Waals surface area contributed by atoms with Gasteiger partial charge in [0.15, 0.2) is 5.65 Å². The van der Waals surface area contributed by atoms with Crippen molar-refractivity contribution in [2.24, 2.45) is 7.05 Å². The number of aromatic nitrogens is 4. The Morgan fingerprint density at radius 1 is 1.19 bits per heavy atom. The van der Waals surface area contributed by atoms with Crippen LogP contribution in [0.1, 0.15) is 24.6 Å². The predicted octanol–water partition coefficient (Wildman–Crippen LogP) is 1.81. The van der Waals surface area contributed by atoms with Crippen LogP contribution in [0.3, 0.4) is 0 Å². The number of hydrogen-bond donors (Lipinski definition) is 1. The topological polar surface area (TPSA) is 113 Å². The zero-order chi connectivity index (χ0) is 22.3. The number of amides is 3. The lowest BCUT2D eigenvalue weighted by Gasteiger charge is -2.16. The summed E-state index contributed by atoms with van der Waals surface area (Å²) in [7, 11) is 3.32. The summed E-state index contributed by atoms with van der Waals surface area (Å²) in [6, 6.07) is 5.03. The molecule has 0 aliphatic carbocycles. The number of urea groups is 1. The van der Waals surface area contributed by atoms with Gasteiger partial charge in [-0.2, -0.15) is 5.10 Å². The lowest BCUT2D eigenvalue weighted by Crippen LogP contribution is -2.31. The molecule has 0 atom stereocenters. The molecule has 0 saturated carbocycles. The van der Waals surface area contributed by atoms with Gasteiger partial charge in [0, 0.05) is 14.1 Å². The van der Waals surface area contributed by atoms with Crippen molar-refractivity contribution in [1.29, 1.82) is 0 Å². The number of rotatable bonds is 6. The minimum Gasteiger partial charge on any atom is -0.493 e. The van der Waals surface area contributed by atoms with E-state index in [1.165, 1.54) is 9.80 Å². The highest BCUT2D eigenvalue weighted by molar-refractivity contribution is 6.01. The van der Waals surface area contributed by atoms with Crippen molar-refractivity contribution in [3.05, 3.63) is 39.8 Å². The second-order valence-electron chi connectivity index (χ2n) is 7.62. The molecule has 4 rings (SSSR count). The van der Waals surface area contributed by atoms with Crippen molar-refractivity contribution >= 4 is 23.0 Å². The SMILES string of the molecule is CCCOc1ccc(CN2C(=O)CN(C)C2=O)cc1-c1nc2c(c(C)nn2C)c(=O)[nH]1. The molecule has 10 heteroatoms. The van der Waals surface area contributed by atoms with Crippen molar-refractivity contribution in [1.82, 2.24) is 29.5 Å². The summed E-state index contributed by atoms with van der Waals surface area (Å²) in [6.45, 7) is 4.45. The molecule has 0 radical (unpaired) electrons. The Morgan fingerprint density at radius 2 is 1.97 bits per heavy atom. The van der Waals surface area contributed by atoms with Crippen LogP contribution < -0.4 is 10.3 Å². The molecule has 3 heterocycles. The molecular weight excluding hydrogens is 400 g/mol. The van der Waals surface area contributed by atoms with Gasteiger partial charge in [-0.15, -0.1) is 0 Å². The van der Waals surface area contributed by atoms with E-state index in [4.69, 9.17) is 4.74 Å². The number of aromatic amines is 1. The molecular formula is C21H24N6O4. The van der Waals surface area contributed by atoms with Gasteiger partial charge in [0.25, 0.3) is 11.5 Å². The number of imide groups is 1. The zero-order valence-corrected chi connectivity index (χ0v) is 17.9. The van der Waals surface area contributed by atoms with Crippen LogP contribution in [0.4, 0.5) is 4.79 Å². The maximum absolute atomic E-state index is 12.7. The minimum absolute atomic E-state index is 0.0643. The van der Waals surface area contributed by atoms with Crippen molar-refractivity contribution in [2.45, 2.75) is 26.8 Å². The van der Waals surface area contributed by atoms with Gasteiger partial charge in [-0.05, 0) is 31.0 Å². The van der Waals surface area contributed by atoms with E-state index in [1.807, 2.05) is 6.92 Å². The summed E-state index contributed by atoms with van der Waals surface area (Å²) in [4.78, 5) is 47.2. The summed E-state index contributed by atoms with van der Waals surface area (Å²) in [6.07, 6.45) is 0.814. The third kappa shape index (κ3) is 3.65. The monoisotopic (exact) mass is 424 g/mol. The van der Waals surface area contributed by atoms with Crippen molar-refractivity contribution in [3.8, 4) is 17.1 Å². The van der Waals surface area contributed by atoms with E-state index in [2.05, 4.69) is 15.1 Å². The van der Waals surface area contributed by atoms with E-state index < -0.39 is 0 Å². The highest BCUT2D eigenvalue weighted by atomic mass is 16.5. The fraction of sp³-hybridized carbons (Fsp3) is 0.381. The molecule has 0 unspecified atom stereocenters. The number of carbonyl (C=O) groups is 2. The van der Waals surface area contributed by atoms with E-state index in [1.54, 1.807) is 43.9 Å². The molecule has 1 fully saturated rings. The highest BCUT2D eigenvalue weighted by Gasteiger charge is 2.33. The normalized spacial score (nSPS) is 14.2. The number of H-pyrrole nitrogens is 1. The Kier molecular flexibility index (Phi) is 5.22. The van der Waals surface area contributed by atoms with E-state index in [-0.39, 0.29) is 30.6 Å². The van der Waals surface area contributed by atoms with E-state index in [9.17, 15) is 14.4 Å². The van der Waals surface area contributed by atoms with Gasteiger partial charge in [-0.25, -0.2) is 14.5 Å². The second-order valence-corrected chi connectivity index (χ2v) is 7.62. The number of aryl methyl sites for hydroxylation is 2. The van der Waals surface area contributed by atoms with Gasteiger partial charge in [0.2, 0.25) is 0 Å². The third-order valence-electron chi connectivity index (χ3n) is 5.20. The van der Waals surface area contributed by atoms with Gasteiger partial charge in [0.05, 0.1) is 24.4 Å². The van der Waals surface area contributed by atoms with Gasteiger partial charge in [0.1, 0.15) is 23.5 Å². The van der Waals surface area contributed by atoms with Crippen LogP contribution in [-0.4, -0.2) is 61.7 Å². The predicted molar refractivity (Wildman–Crippen MR) is 114 cm³/mol. The van der Waals surface area contributed by atoms with Crippen molar-refractivity contribution in [2.75, 3.05) is 20.2 Å². The van der Waals surface area contributed by atoms with Crippen LogP contribution in [0, 0.1) is 6.92 Å². The average Bonchev–Trinajstić information content (AvgIpc) is 3.16. The molecule has 1 saturated heterocycles. The van der Waals surface area contributed by atoms with Gasteiger partial charge < -0.3 is 14.6 Å². The first-order chi connectivity index (χ1) is 14.8. The molecule has 2 aromatic heterocycles. The number of likely N-dealkylation sites (N-methyl/N-ethyl adjacent to an activating group) is 1. The molecule has 31 heavy (non-hydrogen) atoms. The largest absolute Gasteiger partial charge is 0.493 e. The summed E-state index contributed by atoms with van der Waals surface area (Å²) >= 11 is 0. The Hall–Kier alpha value is -3.69. The standard InChI is InChI=1S/C21H24N6O4/c1-5-8-31-15-7-6-13(10-27-16(28)11-25(3)21(27)30)9-14(15)18-22-19-17(20(29)23-18)12(2)24-26(19)4/h6-7,9H,5,8,10-11H2,1-4H3,(H,22,23,29). The van der Waals surface area contributed by atoms with E-state index >= 15 is 0 Å². The zero-order valence-electron chi connectivity index (χ0n) is 17.9. The molecule has 1 aliphatic rings. The number of nitrogens with one attached hydrogen (secondary N) is 1. The van der Waals surface area contributed by atoms with Crippen molar-refractivity contribution < 1.29 is 14.3 Å². The van der Waals surface area contributed by atoms with Crippen LogP contribution in [-0.2, 0) is 18.4 Å². The Balaban J connectivity index is 1.80. The van der Waals surface area contributed by atoms with E-state index in [0.29, 0.717) is 40.5 Å². The molecule has 0 spiro atoms. The smallest absolute Gasteiger partial charge is 0.327 e. The number of benzene rings is 1. The third-order valence-corrected chi connectivity index (χ3v) is 5.20. The second kappa shape index (κ2) is 7.86. The Morgan fingerprint density at radius 3 is 2.65 bits per heavy atom. The molecule has 1 N–H and O–H groups in total. The van der Waals surface area contributed by atoms with Gasteiger partial charge in [-0.3, -0.25) is 14.5 Å². The first kappa shape index (κ1) is 20.6. The number of carbonyl (C=O) groups excluding carboxylic acids is 2. The van der Waals surface area contributed by atoms with Crippen LogP contribution in [0.2, 0.25) is 0 Å². The maximum Gasteiger partial charge on any atom is 0.327 e. The number of hydrogen-bond acceptors (Lipinski definition) is 6. The lowest BCUT2D eigenvalue weighted by molar-refractivity contribution is -0.125. The quantitative estimate of drug-likeness (QED) is 0.604. The molecule has 162 valence electrons. The average molecular weight is 424 g/mol. The fourth-order valence-corrected chi connectivity index (χ4v) is 3.68. The first-order valence-corrected chi connectivity index (χ1v) is 10.0. The van der Waals surface area contributed by atoms with Gasteiger partial charge in [-0.1, -0.05) is 13.0 Å². The molecule has 3 aromatic rings. The highest BCUT2D eigenvalue weighted by Crippen LogP contribution is 2.30. The minimum atomic E-state index is -0.337. The van der Waals surface area contributed by atoms with Crippen LogP contribution in [0.25, 0.3) is 22.4 Å². The summed E-state index contributed by atoms with van der Waals surface area (Å²) in [5.74, 6) is 0.645. The Bertz CT molecular complexity index is 1240. The lowest BCUT2D eigenvalue weighted by atomic mass is 10.1. The fourth-order valence-electron chi connectivity index (χ4n) is 3.68. The Labute approximate surface area is 178 Å². The molecule has 10 nitrogen and oxygen atoms in total. The summed E-state index contributed by atoms with van der Waals surface area (Å²) in [5.41, 5.74) is 2.08. The summed E-state index contributed by atoms with van der Waals surface area (Å²) in [5, 5.41) is 4.72. The number of fused-ring (bicyclic) bond motifs is 1. The first-order valence-electron chi connectivity index (χ1n) is 10.0. The summed E-state index contributed by atoms with van der Waals surface area (Å²) < 4.78 is 7.44. The maximum atomic E-state index is 12.7. The van der Waals surface area contributed by atoms with E-state index in [0.717, 1.165) is 12.0 Å². The number of nitrogens with zero attached hydrogens (tertiary/aromatic N) is 5. The van der Waals surface area contributed by atoms with Crippen LogP contribution >= 0.6 is 0 Å². The molecule has 3 amide bonds.